The normalized spacial score (nSPS) is 15.6. The number of amides is 2. The van der Waals surface area contributed by atoms with Crippen LogP contribution in [-0.4, -0.2) is 62.1 Å². The van der Waals surface area contributed by atoms with Gasteiger partial charge in [-0.05, 0) is 43.3 Å². The number of cyclic esters (lactones) is 1. The zero-order valence-electron chi connectivity index (χ0n) is 16.8. The van der Waals surface area contributed by atoms with E-state index in [1.165, 1.54) is 11.3 Å². The lowest BCUT2D eigenvalue weighted by atomic mass is 10.2. The number of hydrogen-bond acceptors (Lipinski definition) is 6. The Balaban J connectivity index is 1.48. The number of nitrogens with zero attached hydrogens (tertiary/aromatic N) is 2. The van der Waals surface area contributed by atoms with Gasteiger partial charge in [0.25, 0.3) is 5.91 Å². The van der Waals surface area contributed by atoms with Crippen LogP contribution in [0.2, 0.25) is 4.34 Å². The Labute approximate surface area is 184 Å². The summed E-state index contributed by atoms with van der Waals surface area (Å²) in [5.74, 6) is 0.283. The first-order valence-electron chi connectivity index (χ1n) is 9.45. The van der Waals surface area contributed by atoms with Gasteiger partial charge in [-0.15, -0.1) is 11.3 Å². The topological polar surface area (TPSA) is 97.8 Å². The number of carbonyl (C=O) groups is 2. The number of benzene rings is 1. The van der Waals surface area contributed by atoms with E-state index < -0.39 is 12.2 Å². The lowest BCUT2D eigenvalue weighted by Gasteiger charge is -2.18. The summed E-state index contributed by atoms with van der Waals surface area (Å²) >= 11 is 7.05. The van der Waals surface area contributed by atoms with Crippen molar-refractivity contribution >= 4 is 52.1 Å². The fraction of sp³-hybridized carbons (Fsp3) is 0.350. The van der Waals surface area contributed by atoms with Crippen molar-refractivity contribution < 1.29 is 14.3 Å². The molecule has 0 saturated carbocycles. The molecule has 3 N–H and O–H groups in total. The summed E-state index contributed by atoms with van der Waals surface area (Å²) in [7, 11) is 1.88. The summed E-state index contributed by atoms with van der Waals surface area (Å²) in [5, 5.41) is 13.6. The molecule has 8 nitrogen and oxygen atoms in total. The Morgan fingerprint density at radius 3 is 2.70 bits per heavy atom. The maximum atomic E-state index is 12.2. The van der Waals surface area contributed by atoms with Gasteiger partial charge in [0.05, 0.1) is 28.1 Å². The Bertz CT molecular complexity index is 917. The molecule has 2 heterocycles. The van der Waals surface area contributed by atoms with Crippen molar-refractivity contribution in [1.29, 1.82) is 5.41 Å². The summed E-state index contributed by atoms with van der Waals surface area (Å²) in [6.45, 7) is 3.77. The van der Waals surface area contributed by atoms with Gasteiger partial charge in [0.2, 0.25) is 0 Å². The molecule has 1 saturated heterocycles. The monoisotopic (exact) mass is 449 g/mol. The predicted octanol–water partition coefficient (Wildman–Crippen LogP) is 3.50. The molecule has 3 rings (SSSR count). The van der Waals surface area contributed by atoms with Gasteiger partial charge in [-0.3, -0.25) is 15.1 Å². The van der Waals surface area contributed by atoms with Crippen LogP contribution in [0.3, 0.4) is 0 Å². The van der Waals surface area contributed by atoms with E-state index in [0.717, 1.165) is 17.9 Å². The second-order valence-electron chi connectivity index (χ2n) is 6.91. The van der Waals surface area contributed by atoms with E-state index in [1.807, 2.05) is 36.2 Å². The van der Waals surface area contributed by atoms with E-state index >= 15 is 0 Å². The average Bonchev–Trinajstić information content (AvgIpc) is 3.32. The van der Waals surface area contributed by atoms with Crippen LogP contribution in [0.1, 0.15) is 16.6 Å². The zero-order chi connectivity index (χ0) is 21.7. The highest BCUT2D eigenvalue weighted by Crippen LogP contribution is 2.24. The van der Waals surface area contributed by atoms with E-state index in [2.05, 4.69) is 10.6 Å². The molecule has 10 heteroatoms. The van der Waals surface area contributed by atoms with E-state index in [9.17, 15) is 9.59 Å². The van der Waals surface area contributed by atoms with Gasteiger partial charge >= 0.3 is 6.09 Å². The number of amidine groups is 1. The van der Waals surface area contributed by atoms with Crippen molar-refractivity contribution in [2.45, 2.75) is 13.0 Å². The average molecular weight is 450 g/mol. The molecule has 0 aliphatic carbocycles. The molecule has 1 aliphatic rings. The van der Waals surface area contributed by atoms with Crippen LogP contribution < -0.4 is 15.5 Å². The van der Waals surface area contributed by atoms with Crippen LogP contribution in [0.15, 0.2) is 36.4 Å². The summed E-state index contributed by atoms with van der Waals surface area (Å²) in [5.41, 5.74) is 1.66. The van der Waals surface area contributed by atoms with Crippen LogP contribution in [0, 0.1) is 5.41 Å². The standard InChI is InChI=1S/C20H24ClN5O3S/c1-13(22)25(2)10-9-23-14-3-5-15(6-4-14)26-12-16(29-20(26)28)11-24-19(27)17-7-8-18(21)30-17/h3-8,16,22-23H,9-12H2,1-2H3,(H,24,27). The highest BCUT2D eigenvalue weighted by molar-refractivity contribution is 7.18. The van der Waals surface area contributed by atoms with Crippen LogP contribution in [0.5, 0.6) is 0 Å². The van der Waals surface area contributed by atoms with Gasteiger partial charge in [-0.1, -0.05) is 11.6 Å². The third-order valence-corrected chi connectivity index (χ3v) is 5.92. The molecular formula is C20H24ClN5O3S. The molecule has 0 bridgehead atoms. The van der Waals surface area contributed by atoms with E-state index in [1.54, 1.807) is 24.0 Å². The third kappa shape index (κ3) is 5.64. The number of rotatable bonds is 8. The first kappa shape index (κ1) is 21.9. The zero-order valence-corrected chi connectivity index (χ0v) is 18.3. The van der Waals surface area contributed by atoms with Gasteiger partial charge in [0.1, 0.15) is 6.10 Å². The van der Waals surface area contributed by atoms with Crippen molar-refractivity contribution in [2.75, 3.05) is 43.4 Å². The lowest BCUT2D eigenvalue weighted by molar-refractivity contribution is 0.0920. The van der Waals surface area contributed by atoms with Crippen LogP contribution >= 0.6 is 22.9 Å². The predicted molar refractivity (Wildman–Crippen MR) is 120 cm³/mol. The number of likely N-dealkylation sites (N-methyl/N-ethyl adjacent to an activating group) is 1. The van der Waals surface area contributed by atoms with Crippen LogP contribution in [0.4, 0.5) is 16.2 Å². The molecule has 0 spiro atoms. The first-order chi connectivity index (χ1) is 14.3. The van der Waals surface area contributed by atoms with Gasteiger partial charge in [0, 0.05) is 31.5 Å². The molecule has 2 amide bonds. The second-order valence-corrected chi connectivity index (χ2v) is 8.63. The Morgan fingerprint density at radius 1 is 1.33 bits per heavy atom. The summed E-state index contributed by atoms with van der Waals surface area (Å²) < 4.78 is 5.92. The van der Waals surface area contributed by atoms with E-state index in [4.69, 9.17) is 21.7 Å². The van der Waals surface area contributed by atoms with Gasteiger partial charge in [-0.2, -0.15) is 0 Å². The fourth-order valence-corrected chi connectivity index (χ4v) is 3.82. The minimum absolute atomic E-state index is 0.232. The molecule has 2 aromatic rings. The summed E-state index contributed by atoms with van der Waals surface area (Å²) in [6, 6.07) is 10.8. The van der Waals surface area contributed by atoms with Gasteiger partial charge < -0.3 is 20.3 Å². The number of hydrogen-bond donors (Lipinski definition) is 3. The Kier molecular flexibility index (Phi) is 7.17. The van der Waals surface area contributed by atoms with Crippen molar-refractivity contribution in [2.24, 2.45) is 0 Å². The SMILES string of the molecule is CC(=N)N(C)CCNc1ccc(N2CC(CNC(=O)c3ccc(Cl)s3)OC2=O)cc1. The van der Waals surface area contributed by atoms with E-state index in [0.29, 0.717) is 28.1 Å². The number of carbonyl (C=O) groups excluding carboxylic acids is 2. The molecule has 1 aliphatic heterocycles. The number of thiophene rings is 1. The molecule has 1 atom stereocenters. The molecule has 1 aromatic carbocycles. The minimum atomic E-state index is -0.433. The largest absolute Gasteiger partial charge is 0.442 e. The molecule has 30 heavy (non-hydrogen) atoms. The highest BCUT2D eigenvalue weighted by Gasteiger charge is 2.32. The Hall–Kier alpha value is -2.78. The van der Waals surface area contributed by atoms with E-state index in [-0.39, 0.29) is 12.5 Å². The molecule has 1 aromatic heterocycles. The van der Waals surface area contributed by atoms with Crippen molar-refractivity contribution in [1.82, 2.24) is 10.2 Å². The van der Waals surface area contributed by atoms with Crippen molar-refractivity contribution in [3.8, 4) is 0 Å². The second kappa shape index (κ2) is 9.82. The number of anilines is 2. The van der Waals surface area contributed by atoms with Gasteiger partial charge in [-0.25, -0.2) is 4.79 Å². The third-order valence-electron chi connectivity index (χ3n) is 4.69. The number of nitrogens with one attached hydrogen (secondary N) is 3. The van der Waals surface area contributed by atoms with Gasteiger partial charge in [0.15, 0.2) is 0 Å². The lowest BCUT2D eigenvalue weighted by Crippen LogP contribution is -2.34. The summed E-state index contributed by atoms with van der Waals surface area (Å²) in [6.07, 6.45) is -0.855. The molecule has 1 fully saturated rings. The molecular weight excluding hydrogens is 426 g/mol. The summed E-state index contributed by atoms with van der Waals surface area (Å²) in [4.78, 5) is 28.3. The smallest absolute Gasteiger partial charge is 0.414 e. The maximum absolute atomic E-state index is 12.2. The highest BCUT2D eigenvalue weighted by atomic mass is 35.5. The number of halogens is 1. The quantitative estimate of drug-likeness (QED) is 0.423. The maximum Gasteiger partial charge on any atom is 0.414 e. The molecule has 160 valence electrons. The van der Waals surface area contributed by atoms with Crippen molar-refractivity contribution in [3.63, 3.8) is 0 Å². The molecule has 1 unspecified atom stereocenters. The Morgan fingerprint density at radius 2 is 2.07 bits per heavy atom. The molecule has 0 radical (unpaired) electrons. The van der Waals surface area contributed by atoms with Crippen LogP contribution in [0.25, 0.3) is 0 Å². The fourth-order valence-electron chi connectivity index (χ4n) is 2.86. The van der Waals surface area contributed by atoms with Crippen molar-refractivity contribution in [3.05, 3.63) is 45.6 Å². The first-order valence-corrected chi connectivity index (χ1v) is 10.6. The van der Waals surface area contributed by atoms with Crippen LogP contribution in [-0.2, 0) is 4.74 Å². The minimum Gasteiger partial charge on any atom is -0.442 e. The number of ether oxygens (including phenoxy) is 1.